The predicted octanol–water partition coefficient (Wildman–Crippen LogP) is 2.99. The Morgan fingerprint density at radius 2 is 2.29 bits per heavy atom. The minimum atomic E-state index is -0.389. The second-order valence-electron chi connectivity index (χ2n) is 3.97. The zero-order valence-corrected chi connectivity index (χ0v) is 9.17. The molecule has 2 heteroatoms. The highest BCUT2D eigenvalue weighted by Crippen LogP contribution is 2.26. The molecular weight excluding hydrogens is 176 g/mol. The van der Waals surface area contributed by atoms with Crippen LogP contribution in [0.15, 0.2) is 23.8 Å². The van der Waals surface area contributed by atoms with Gasteiger partial charge in [-0.05, 0) is 46.1 Å². The van der Waals surface area contributed by atoms with Crippen molar-refractivity contribution in [2.24, 2.45) is 0 Å². The van der Waals surface area contributed by atoms with Gasteiger partial charge in [-0.2, -0.15) is 0 Å². The monoisotopic (exact) mass is 194 g/mol. The van der Waals surface area contributed by atoms with Crippen LogP contribution in [0.5, 0.6) is 0 Å². The van der Waals surface area contributed by atoms with Crippen molar-refractivity contribution in [3.63, 3.8) is 0 Å². The molecule has 2 nitrogen and oxygen atoms in total. The van der Waals surface area contributed by atoms with Crippen LogP contribution < -0.4 is 0 Å². The van der Waals surface area contributed by atoms with E-state index in [4.69, 9.17) is 4.74 Å². The van der Waals surface area contributed by atoms with Crippen molar-refractivity contribution in [2.45, 2.75) is 45.6 Å². The first-order chi connectivity index (χ1) is 6.57. The number of esters is 1. The van der Waals surface area contributed by atoms with Crippen LogP contribution in [0.1, 0.15) is 40.0 Å². The van der Waals surface area contributed by atoms with Crippen LogP contribution in [0.3, 0.4) is 0 Å². The molecule has 0 amide bonds. The van der Waals surface area contributed by atoms with Crippen LogP contribution in [0.4, 0.5) is 0 Å². The molecule has 1 rings (SSSR count). The fourth-order valence-corrected chi connectivity index (χ4v) is 1.48. The van der Waals surface area contributed by atoms with Crippen molar-refractivity contribution in [1.29, 1.82) is 0 Å². The van der Waals surface area contributed by atoms with Crippen LogP contribution in [0.2, 0.25) is 0 Å². The lowest BCUT2D eigenvalue weighted by molar-refractivity contribution is -0.149. The first-order valence-corrected chi connectivity index (χ1v) is 5.11. The molecule has 1 aliphatic carbocycles. The fraction of sp³-hybridized carbons (Fsp3) is 0.583. The Morgan fingerprint density at radius 1 is 1.57 bits per heavy atom. The van der Waals surface area contributed by atoms with E-state index >= 15 is 0 Å². The third kappa shape index (κ3) is 2.72. The van der Waals surface area contributed by atoms with E-state index in [1.807, 2.05) is 19.9 Å². The number of carbonyl (C=O) groups excluding carboxylic acids is 1. The largest absolute Gasteiger partial charge is 0.452 e. The van der Waals surface area contributed by atoms with Gasteiger partial charge in [-0.3, -0.25) is 0 Å². The summed E-state index contributed by atoms with van der Waals surface area (Å²) >= 11 is 0. The standard InChI is InChI=1S/C12H18O2/c1-4-10(2)11(13)14-12(3)8-6-5-7-9-12/h4,6,8H,5,7,9H2,1-3H3/b10-4+. The van der Waals surface area contributed by atoms with Gasteiger partial charge in [-0.1, -0.05) is 12.2 Å². The smallest absolute Gasteiger partial charge is 0.334 e. The van der Waals surface area contributed by atoms with Gasteiger partial charge in [-0.25, -0.2) is 4.79 Å². The summed E-state index contributed by atoms with van der Waals surface area (Å²) in [4.78, 5) is 11.5. The number of ether oxygens (including phenoxy) is 1. The molecule has 78 valence electrons. The summed E-state index contributed by atoms with van der Waals surface area (Å²) in [6.45, 7) is 5.58. The molecule has 0 heterocycles. The lowest BCUT2D eigenvalue weighted by Gasteiger charge is -2.28. The highest BCUT2D eigenvalue weighted by Gasteiger charge is 2.27. The third-order valence-corrected chi connectivity index (χ3v) is 2.60. The summed E-state index contributed by atoms with van der Waals surface area (Å²) in [6.07, 6.45) is 8.97. The Bertz CT molecular complexity index is 276. The molecule has 0 aliphatic heterocycles. The molecular formula is C12H18O2. The highest BCUT2D eigenvalue weighted by atomic mass is 16.6. The Balaban J connectivity index is 2.63. The van der Waals surface area contributed by atoms with E-state index in [0.29, 0.717) is 5.57 Å². The normalized spacial score (nSPS) is 27.5. The van der Waals surface area contributed by atoms with Crippen molar-refractivity contribution in [1.82, 2.24) is 0 Å². The average Bonchev–Trinajstić information content (AvgIpc) is 2.17. The number of hydrogen-bond donors (Lipinski definition) is 0. The first kappa shape index (κ1) is 11.0. The molecule has 0 radical (unpaired) electrons. The van der Waals surface area contributed by atoms with Crippen molar-refractivity contribution in [3.05, 3.63) is 23.8 Å². The summed E-state index contributed by atoms with van der Waals surface area (Å²) in [5, 5.41) is 0. The minimum absolute atomic E-state index is 0.207. The van der Waals surface area contributed by atoms with E-state index in [0.717, 1.165) is 19.3 Å². The summed E-state index contributed by atoms with van der Waals surface area (Å²) in [6, 6.07) is 0. The molecule has 1 atom stereocenters. The van der Waals surface area contributed by atoms with E-state index in [9.17, 15) is 4.79 Å². The van der Waals surface area contributed by atoms with Gasteiger partial charge in [0.25, 0.3) is 0 Å². The lowest BCUT2D eigenvalue weighted by atomic mass is 9.93. The number of hydrogen-bond acceptors (Lipinski definition) is 2. The zero-order chi connectivity index (χ0) is 10.6. The minimum Gasteiger partial charge on any atom is -0.452 e. The molecule has 0 aromatic rings. The zero-order valence-electron chi connectivity index (χ0n) is 9.17. The topological polar surface area (TPSA) is 26.3 Å². The molecule has 0 spiro atoms. The average molecular weight is 194 g/mol. The van der Waals surface area contributed by atoms with Gasteiger partial charge in [0.1, 0.15) is 5.60 Å². The lowest BCUT2D eigenvalue weighted by Crippen LogP contribution is -2.31. The quantitative estimate of drug-likeness (QED) is 0.384. The predicted molar refractivity (Wildman–Crippen MR) is 56.9 cm³/mol. The number of carbonyl (C=O) groups is 1. The second-order valence-corrected chi connectivity index (χ2v) is 3.97. The Kier molecular flexibility index (Phi) is 3.50. The van der Waals surface area contributed by atoms with Crippen molar-refractivity contribution in [2.75, 3.05) is 0 Å². The van der Waals surface area contributed by atoms with Gasteiger partial charge >= 0.3 is 5.97 Å². The van der Waals surface area contributed by atoms with Gasteiger partial charge in [-0.15, -0.1) is 0 Å². The van der Waals surface area contributed by atoms with E-state index in [1.54, 1.807) is 13.0 Å². The molecule has 0 aromatic heterocycles. The molecule has 1 aliphatic rings. The molecule has 0 aromatic carbocycles. The Morgan fingerprint density at radius 3 is 2.79 bits per heavy atom. The van der Waals surface area contributed by atoms with Gasteiger partial charge in [0, 0.05) is 5.57 Å². The summed E-state index contributed by atoms with van der Waals surface area (Å²) in [5.74, 6) is -0.207. The summed E-state index contributed by atoms with van der Waals surface area (Å²) in [7, 11) is 0. The van der Waals surface area contributed by atoms with E-state index in [1.165, 1.54) is 0 Å². The Labute approximate surface area is 85.6 Å². The van der Waals surface area contributed by atoms with Gasteiger partial charge in [0.15, 0.2) is 0 Å². The second kappa shape index (κ2) is 4.45. The van der Waals surface area contributed by atoms with Crippen LogP contribution in [-0.4, -0.2) is 11.6 Å². The first-order valence-electron chi connectivity index (χ1n) is 5.11. The molecule has 0 N–H and O–H groups in total. The van der Waals surface area contributed by atoms with E-state index in [2.05, 4.69) is 6.08 Å². The maximum atomic E-state index is 11.5. The van der Waals surface area contributed by atoms with Gasteiger partial charge < -0.3 is 4.74 Å². The van der Waals surface area contributed by atoms with Crippen molar-refractivity contribution >= 4 is 5.97 Å². The van der Waals surface area contributed by atoms with Crippen LogP contribution in [0.25, 0.3) is 0 Å². The van der Waals surface area contributed by atoms with Crippen LogP contribution >= 0.6 is 0 Å². The third-order valence-electron chi connectivity index (χ3n) is 2.60. The van der Waals surface area contributed by atoms with Gasteiger partial charge in [0.2, 0.25) is 0 Å². The molecule has 0 saturated heterocycles. The molecule has 0 bridgehead atoms. The SMILES string of the molecule is C/C=C(\C)C(=O)OC1(C)C=CCCC1. The molecule has 1 unspecified atom stereocenters. The number of allylic oxidation sites excluding steroid dienone is 2. The highest BCUT2D eigenvalue weighted by molar-refractivity contribution is 5.88. The molecule has 14 heavy (non-hydrogen) atoms. The summed E-state index contributed by atoms with van der Waals surface area (Å²) < 4.78 is 5.44. The molecule has 0 saturated carbocycles. The van der Waals surface area contributed by atoms with Crippen LogP contribution in [-0.2, 0) is 9.53 Å². The maximum Gasteiger partial charge on any atom is 0.334 e. The van der Waals surface area contributed by atoms with Crippen LogP contribution in [0, 0.1) is 0 Å². The summed E-state index contributed by atoms with van der Waals surface area (Å²) in [5.41, 5.74) is 0.282. The maximum absolute atomic E-state index is 11.5. The fourth-order valence-electron chi connectivity index (χ4n) is 1.48. The van der Waals surface area contributed by atoms with Crippen molar-refractivity contribution in [3.8, 4) is 0 Å². The Hall–Kier alpha value is -1.05. The van der Waals surface area contributed by atoms with Crippen molar-refractivity contribution < 1.29 is 9.53 Å². The molecule has 0 fully saturated rings. The van der Waals surface area contributed by atoms with E-state index in [-0.39, 0.29) is 11.6 Å². The number of rotatable bonds is 2. The van der Waals surface area contributed by atoms with E-state index < -0.39 is 0 Å². The van der Waals surface area contributed by atoms with Gasteiger partial charge in [0.05, 0.1) is 0 Å².